The molecule has 0 radical (unpaired) electrons. The number of rotatable bonds is 23. The fourth-order valence-corrected chi connectivity index (χ4v) is 11.1. The number of hydrogen-bond acceptors (Lipinski definition) is 10. The number of nitrogens with zero attached hydrogens (tertiary/aromatic N) is 2. The van der Waals surface area contributed by atoms with E-state index < -0.39 is 27.5 Å². The van der Waals surface area contributed by atoms with Gasteiger partial charge < -0.3 is 36.6 Å². The van der Waals surface area contributed by atoms with E-state index in [-0.39, 0.29) is 11.1 Å². The van der Waals surface area contributed by atoms with E-state index >= 15 is 0 Å². The van der Waals surface area contributed by atoms with Crippen molar-refractivity contribution in [1.82, 2.24) is 4.58 Å². The summed E-state index contributed by atoms with van der Waals surface area (Å²) < 4.78 is 73.2. The number of hydrogen-bond donors (Lipinski definition) is 2. The van der Waals surface area contributed by atoms with Crippen molar-refractivity contribution in [3.8, 4) is 22.5 Å². The van der Waals surface area contributed by atoms with Crippen LogP contribution in [0.2, 0.25) is 12.1 Å². The van der Waals surface area contributed by atoms with E-state index in [1.54, 1.807) is 53.7 Å². The molecule has 298 valence electrons. The Morgan fingerprint density at radius 3 is 2.06 bits per heavy atom. The van der Waals surface area contributed by atoms with Crippen molar-refractivity contribution in [3.63, 3.8) is 0 Å². The lowest BCUT2D eigenvalue weighted by Gasteiger charge is -2.28. The first kappa shape index (κ1) is 43.8. The Morgan fingerprint density at radius 2 is 1.43 bits per heavy atom. The molecule has 0 fully saturated rings. The normalized spacial score (nSPS) is 13.2. The maximum atomic E-state index is 12.7. The summed E-state index contributed by atoms with van der Waals surface area (Å²) in [6, 6.07) is 19.9. The molecule has 1 aliphatic heterocycles. The van der Waals surface area contributed by atoms with Crippen LogP contribution in [-0.2, 0) is 32.2 Å². The molecule has 2 N–H and O–H groups in total. The van der Waals surface area contributed by atoms with Gasteiger partial charge in [0.1, 0.15) is 29.3 Å². The van der Waals surface area contributed by atoms with Crippen LogP contribution in [0, 0.1) is 0 Å². The van der Waals surface area contributed by atoms with Gasteiger partial charge in [0.05, 0.1) is 12.3 Å². The Morgan fingerprint density at radius 1 is 0.759 bits per heavy atom. The van der Waals surface area contributed by atoms with E-state index in [1.165, 1.54) is 6.07 Å². The van der Waals surface area contributed by atoms with Crippen LogP contribution < -0.4 is 14.8 Å². The van der Waals surface area contributed by atoms with E-state index in [0.29, 0.717) is 34.6 Å². The molecular formula is C39H59N2O10SSi2+. The molecule has 0 aromatic heterocycles. The molecule has 0 spiro atoms. The average Bonchev–Trinajstić information content (AvgIpc) is 3.19. The summed E-state index contributed by atoms with van der Waals surface area (Å²) in [7, 11) is -1.91. The summed E-state index contributed by atoms with van der Waals surface area (Å²) in [4.78, 5) is 2.16. The summed E-state index contributed by atoms with van der Waals surface area (Å²) >= 11 is 0. The van der Waals surface area contributed by atoms with Gasteiger partial charge in [-0.2, -0.15) is 8.42 Å². The first-order chi connectivity index (χ1) is 26.0. The van der Waals surface area contributed by atoms with Crippen LogP contribution in [0.15, 0.2) is 70.0 Å². The van der Waals surface area contributed by atoms with Gasteiger partial charge in [-0.15, -0.1) is 0 Å². The van der Waals surface area contributed by atoms with Crippen molar-refractivity contribution in [2.45, 2.75) is 69.4 Å². The molecule has 0 saturated heterocycles. The lowest BCUT2D eigenvalue weighted by Crippen LogP contribution is -2.45. The third kappa shape index (κ3) is 10.5. The quantitative estimate of drug-likeness (QED) is 0.0365. The van der Waals surface area contributed by atoms with Crippen molar-refractivity contribution in [1.29, 1.82) is 0 Å². The molecular weight excluding hydrogens is 745 g/mol. The van der Waals surface area contributed by atoms with Crippen LogP contribution in [0.3, 0.4) is 0 Å². The predicted octanol–water partition coefficient (Wildman–Crippen LogP) is 6.55. The molecule has 54 heavy (non-hydrogen) atoms. The number of aliphatic hydroxyl groups excluding tert-OH is 1. The van der Waals surface area contributed by atoms with E-state index in [9.17, 15) is 18.1 Å². The molecule has 4 rings (SSSR count). The van der Waals surface area contributed by atoms with Crippen molar-refractivity contribution in [2.75, 3.05) is 72.9 Å². The third-order valence-electron chi connectivity index (χ3n) is 10.2. The summed E-state index contributed by atoms with van der Waals surface area (Å²) in [5.74, 6) is 0.586. The lowest BCUT2D eigenvalue weighted by molar-refractivity contribution is 0.123. The fourth-order valence-electron chi connectivity index (χ4n) is 6.96. The second-order valence-electron chi connectivity index (χ2n) is 13.5. The second kappa shape index (κ2) is 20.3. The standard InChI is InChI=1S/C39H58N2O10SSi2/c1-8-10-22-40(24-14-26-53(30-42,46-3)47-4)31-18-20-33-36(28-31)51-37-29-32(41(23-11-9-2)25-15-27-54(48-5,49-6)50-7)19-21-34(37)39(33)35-16-12-13-17-38(35)52(43,44)45/h12-13,16-21,28-29,42H,8-11,14-15,22-27,30H2,1-7H3/p+1. The molecule has 0 atom stereocenters. The van der Waals surface area contributed by atoms with Gasteiger partial charge in [0.15, 0.2) is 0 Å². The van der Waals surface area contributed by atoms with Gasteiger partial charge in [-0.3, -0.25) is 4.55 Å². The third-order valence-corrected chi connectivity index (χ3v) is 17.1. The molecule has 0 unspecified atom stereocenters. The summed E-state index contributed by atoms with van der Waals surface area (Å²) in [6.45, 7) is 7.43. The zero-order valence-electron chi connectivity index (χ0n) is 32.9. The minimum atomic E-state index is -4.55. The predicted molar refractivity (Wildman–Crippen MR) is 218 cm³/mol. The summed E-state index contributed by atoms with van der Waals surface area (Å²) in [5.41, 5.74) is 3.33. The monoisotopic (exact) mass is 803 g/mol. The highest BCUT2D eigenvalue weighted by atomic mass is 32.2. The Bertz CT molecular complexity index is 1930. The van der Waals surface area contributed by atoms with Gasteiger partial charge in [-0.25, -0.2) is 4.58 Å². The molecule has 1 heterocycles. The van der Waals surface area contributed by atoms with Crippen molar-refractivity contribution >= 4 is 44.1 Å². The molecule has 15 heteroatoms. The maximum Gasteiger partial charge on any atom is 0.500 e. The van der Waals surface area contributed by atoms with Gasteiger partial charge in [0.2, 0.25) is 5.36 Å². The Labute approximate surface area is 323 Å². The maximum absolute atomic E-state index is 12.7. The molecule has 1 aliphatic carbocycles. The zero-order valence-corrected chi connectivity index (χ0v) is 35.7. The topological polar surface area (TPSA) is 140 Å². The van der Waals surface area contributed by atoms with Crippen molar-refractivity contribution < 1.29 is 44.6 Å². The number of benzene rings is 3. The Hall–Kier alpha value is -2.97. The average molecular weight is 804 g/mol. The minimum Gasteiger partial charge on any atom is -0.456 e. The van der Waals surface area contributed by atoms with Crippen LogP contribution >= 0.6 is 0 Å². The Balaban J connectivity index is 1.92. The van der Waals surface area contributed by atoms with Crippen molar-refractivity contribution in [2.24, 2.45) is 0 Å². The zero-order chi connectivity index (χ0) is 39.4. The van der Waals surface area contributed by atoms with Crippen molar-refractivity contribution in [3.05, 3.63) is 66.0 Å². The van der Waals surface area contributed by atoms with E-state index in [2.05, 4.69) is 23.3 Å². The van der Waals surface area contributed by atoms with E-state index in [1.807, 2.05) is 36.4 Å². The highest BCUT2D eigenvalue weighted by Gasteiger charge is 2.37. The fraction of sp³-hybridized carbons (Fsp3) is 0.513. The van der Waals surface area contributed by atoms with Gasteiger partial charge in [-0.1, -0.05) is 44.9 Å². The van der Waals surface area contributed by atoms with Crippen LogP contribution in [0.5, 0.6) is 0 Å². The summed E-state index contributed by atoms with van der Waals surface area (Å²) in [6.07, 6.45) is 5.46. The van der Waals surface area contributed by atoms with E-state index in [4.69, 9.17) is 26.5 Å². The number of unbranched alkanes of at least 4 members (excludes halogenated alkanes) is 2. The first-order valence-electron chi connectivity index (χ1n) is 18.7. The SMILES string of the molecule is CCCCN(CCC[Si](OC)(OC)OC)c1ccc2c(-c3ccccc3S(=O)(=O)O)c3ccc(=[N+](CCCC)CCC[Si](CO)(OC)OC)cc-3oc2c1. The van der Waals surface area contributed by atoms with Gasteiger partial charge >= 0.3 is 17.4 Å². The van der Waals surface area contributed by atoms with Crippen LogP contribution in [-0.4, -0.2) is 103 Å². The minimum absolute atomic E-state index is 0.113. The lowest BCUT2D eigenvalue weighted by atomic mass is 9.93. The van der Waals surface area contributed by atoms with Gasteiger partial charge in [0, 0.05) is 107 Å². The highest BCUT2D eigenvalue weighted by Crippen LogP contribution is 2.43. The van der Waals surface area contributed by atoms with E-state index in [0.717, 1.165) is 86.7 Å². The number of fused-ring (bicyclic) bond motifs is 2. The van der Waals surface area contributed by atoms with Crippen LogP contribution in [0.25, 0.3) is 33.4 Å². The van der Waals surface area contributed by atoms with Gasteiger partial charge in [0.25, 0.3) is 10.1 Å². The molecule has 0 bridgehead atoms. The summed E-state index contributed by atoms with van der Waals surface area (Å²) in [5, 5.41) is 11.7. The largest absolute Gasteiger partial charge is 0.500 e. The molecule has 2 aromatic carbocycles. The molecule has 0 saturated carbocycles. The number of anilines is 1. The molecule has 2 aromatic rings. The molecule has 12 nitrogen and oxygen atoms in total. The molecule has 0 amide bonds. The molecule has 2 aliphatic rings. The number of aliphatic hydroxyl groups is 1. The van der Waals surface area contributed by atoms with Crippen LogP contribution in [0.4, 0.5) is 5.69 Å². The highest BCUT2D eigenvalue weighted by molar-refractivity contribution is 7.86. The van der Waals surface area contributed by atoms with Crippen LogP contribution in [0.1, 0.15) is 52.4 Å². The smallest absolute Gasteiger partial charge is 0.456 e. The Kier molecular flexibility index (Phi) is 16.4. The second-order valence-corrected chi connectivity index (χ2v) is 21.4. The van der Waals surface area contributed by atoms with Gasteiger partial charge in [-0.05, 0) is 43.2 Å². The first-order valence-corrected chi connectivity index (χ1v) is 24.3.